The van der Waals surface area contributed by atoms with Crippen molar-refractivity contribution in [1.29, 1.82) is 0 Å². The number of pyridine rings is 2. The molecule has 32 heavy (non-hydrogen) atoms. The minimum Gasteiger partial charge on any atom is -0.481 e. The summed E-state index contributed by atoms with van der Waals surface area (Å²) in [6.07, 6.45) is 2.55. The zero-order chi connectivity index (χ0) is 23.0. The molecule has 0 amide bonds. The number of benzene rings is 1. The average molecular weight is 458 g/mol. The summed E-state index contributed by atoms with van der Waals surface area (Å²) in [6.45, 7) is 1.58. The number of halogens is 3. The summed E-state index contributed by atoms with van der Waals surface area (Å²) in [5.74, 6) is -1.43. The van der Waals surface area contributed by atoms with Crippen molar-refractivity contribution in [2.45, 2.75) is 13.5 Å². The number of ether oxygens (including phenoxy) is 2. The fourth-order valence-corrected chi connectivity index (χ4v) is 3.88. The fourth-order valence-electron chi connectivity index (χ4n) is 3.71. The van der Waals surface area contributed by atoms with Crippen LogP contribution < -0.4 is 4.74 Å². The Kier molecular flexibility index (Phi) is 5.80. The van der Waals surface area contributed by atoms with Gasteiger partial charge in [-0.3, -0.25) is 0 Å². The number of hydrogen-bond donors (Lipinski definition) is 0. The summed E-state index contributed by atoms with van der Waals surface area (Å²) >= 11 is 6.18. The number of aromatic nitrogens is 3. The van der Waals surface area contributed by atoms with E-state index in [1.165, 1.54) is 30.9 Å². The average Bonchev–Trinajstić information content (AvgIpc) is 3.08. The molecule has 0 spiro atoms. The lowest BCUT2D eigenvalue weighted by atomic mass is 10.0. The van der Waals surface area contributed by atoms with E-state index >= 15 is 0 Å². The first-order chi connectivity index (χ1) is 15.3. The topological polar surface area (TPSA) is 66.2 Å². The maximum absolute atomic E-state index is 14.6. The van der Waals surface area contributed by atoms with E-state index in [4.69, 9.17) is 21.1 Å². The second kappa shape index (κ2) is 8.55. The number of fused-ring (bicyclic) bond motifs is 1. The van der Waals surface area contributed by atoms with Crippen LogP contribution in [0.1, 0.15) is 21.6 Å². The molecule has 6 nitrogen and oxygen atoms in total. The van der Waals surface area contributed by atoms with Crippen LogP contribution in [0.3, 0.4) is 0 Å². The summed E-state index contributed by atoms with van der Waals surface area (Å²) in [5, 5.41) is 0.647. The number of esters is 1. The van der Waals surface area contributed by atoms with Gasteiger partial charge in [-0.25, -0.2) is 23.5 Å². The summed E-state index contributed by atoms with van der Waals surface area (Å²) < 4.78 is 40.5. The normalized spacial score (nSPS) is 11.1. The zero-order valence-corrected chi connectivity index (χ0v) is 18.2. The summed E-state index contributed by atoms with van der Waals surface area (Å²) in [6, 6.07) is 7.63. The Morgan fingerprint density at radius 1 is 1.19 bits per heavy atom. The Labute approximate surface area is 187 Å². The van der Waals surface area contributed by atoms with E-state index in [2.05, 4.69) is 9.97 Å². The molecule has 3 aromatic heterocycles. The highest BCUT2D eigenvalue weighted by Gasteiger charge is 2.28. The summed E-state index contributed by atoms with van der Waals surface area (Å²) in [5.41, 5.74) is 2.21. The third kappa shape index (κ3) is 3.67. The van der Waals surface area contributed by atoms with Crippen molar-refractivity contribution in [3.8, 4) is 17.0 Å². The monoisotopic (exact) mass is 457 g/mol. The molecule has 0 aliphatic heterocycles. The van der Waals surface area contributed by atoms with E-state index in [1.54, 1.807) is 31.3 Å². The first-order valence-electron chi connectivity index (χ1n) is 9.55. The van der Waals surface area contributed by atoms with E-state index in [0.717, 1.165) is 6.20 Å². The highest BCUT2D eigenvalue weighted by molar-refractivity contribution is 6.30. The second-order valence-corrected chi connectivity index (χ2v) is 7.44. The van der Waals surface area contributed by atoms with Crippen LogP contribution >= 0.6 is 11.6 Å². The Hall–Kier alpha value is -3.52. The Morgan fingerprint density at radius 3 is 2.69 bits per heavy atom. The predicted molar refractivity (Wildman–Crippen MR) is 116 cm³/mol. The lowest BCUT2D eigenvalue weighted by Gasteiger charge is -2.13. The van der Waals surface area contributed by atoms with Crippen LogP contribution in [0.5, 0.6) is 5.88 Å². The first-order valence-corrected chi connectivity index (χ1v) is 9.93. The minimum atomic E-state index is -0.666. The van der Waals surface area contributed by atoms with Gasteiger partial charge in [-0.1, -0.05) is 11.6 Å². The van der Waals surface area contributed by atoms with E-state index in [0.29, 0.717) is 33.2 Å². The van der Waals surface area contributed by atoms with Gasteiger partial charge in [0.1, 0.15) is 22.5 Å². The Balaban J connectivity index is 2.12. The number of methoxy groups -OCH3 is 2. The molecule has 0 saturated carbocycles. The van der Waals surface area contributed by atoms with Gasteiger partial charge in [-0.15, -0.1) is 0 Å². The molecular formula is C23H18ClF2N3O3. The van der Waals surface area contributed by atoms with Crippen LogP contribution in [0, 0.1) is 18.6 Å². The van der Waals surface area contributed by atoms with Crippen LogP contribution in [0.15, 0.2) is 42.7 Å². The number of carbonyl (C=O) groups excluding carboxylic acids is 1. The van der Waals surface area contributed by atoms with Crippen molar-refractivity contribution in [3.05, 3.63) is 76.3 Å². The van der Waals surface area contributed by atoms with Gasteiger partial charge >= 0.3 is 5.97 Å². The first kappa shape index (κ1) is 21.7. The number of aryl methyl sites for hydroxylation is 1. The quantitative estimate of drug-likeness (QED) is 0.305. The molecule has 0 N–H and O–H groups in total. The molecule has 0 unspecified atom stereocenters. The molecule has 0 saturated heterocycles. The van der Waals surface area contributed by atoms with Crippen molar-refractivity contribution >= 4 is 28.5 Å². The van der Waals surface area contributed by atoms with Crippen molar-refractivity contribution in [3.63, 3.8) is 0 Å². The van der Waals surface area contributed by atoms with Crippen molar-refractivity contribution in [2.24, 2.45) is 0 Å². The number of hydrogen-bond acceptors (Lipinski definition) is 5. The second-order valence-electron chi connectivity index (χ2n) is 7.08. The van der Waals surface area contributed by atoms with Gasteiger partial charge in [-0.2, -0.15) is 0 Å². The highest BCUT2D eigenvalue weighted by Crippen LogP contribution is 2.40. The van der Waals surface area contributed by atoms with Gasteiger partial charge < -0.3 is 14.0 Å². The van der Waals surface area contributed by atoms with Gasteiger partial charge in [0.15, 0.2) is 0 Å². The van der Waals surface area contributed by atoms with E-state index in [9.17, 15) is 13.6 Å². The molecule has 0 bridgehead atoms. The number of rotatable bonds is 5. The van der Waals surface area contributed by atoms with Crippen LogP contribution in [0.2, 0.25) is 5.15 Å². The molecule has 0 radical (unpaired) electrons. The lowest BCUT2D eigenvalue weighted by molar-refractivity contribution is 0.0590. The Bertz CT molecular complexity index is 1350. The molecule has 0 atom stereocenters. The van der Waals surface area contributed by atoms with E-state index in [-0.39, 0.29) is 23.3 Å². The fraction of sp³-hybridized carbons (Fsp3) is 0.174. The SMILES string of the molecule is COC(=O)c1c(-c2cccnc2OC)c2cc(C)c(F)cc2n1Cc1cc(F)cnc1Cl. The smallest absolute Gasteiger partial charge is 0.355 e. The highest BCUT2D eigenvalue weighted by atomic mass is 35.5. The molecule has 0 fully saturated rings. The zero-order valence-electron chi connectivity index (χ0n) is 17.4. The minimum absolute atomic E-state index is 0.0460. The van der Waals surface area contributed by atoms with Crippen molar-refractivity contribution < 1.29 is 23.0 Å². The molecule has 9 heteroatoms. The van der Waals surface area contributed by atoms with Crippen LogP contribution in [0.25, 0.3) is 22.0 Å². The lowest BCUT2D eigenvalue weighted by Crippen LogP contribution is -2.13. The van der Waals surface area contributed by atoms with Gasteiger partial charge in [0.05, 0.1) is 32.5 Å². The van der Waals surface area contributed by atoms with Crippen LogP contribution in [-0.4, -0.2) is 34.7 Å². The van der Waals surface area contributed by atoms with Crippen molar-refractivity contribution in [2.75, 3.05) is 14.2 Å². The predicted octanol–water partition coefficient (Wildman–Crippen LogP) is 5.18. The maximum Gasteiger partial charge on any atom is 0.355 e. The van der Waals surface area contributed by atoms with Crippen molar-refractivity contribution in [1.82, 2.24) is 14.5 Å². The van der Waals surface area contributed by atoms with E-state index < -0.39 is 17.6 Å². The van der Waals surface area contributed by atoms with Crippen LogP contribution in [0.4, 0.5) is 8.78 Å². The molecular weight excluding hydrogens is 440 g/mol. The molecule has 0 aliphatic rings. The van der Waals surface area contributed by atoms with E-state index in [1.807, 2.05) is 0 Å². The largest absolute Gasteiger partial charge is 0.481 e. The van der Waals surface area contributed by atoms with Gasteiger partial charge in [0.25, 0.3) is 0 Å². The van der Waals surface area contributed by atoms with Gasteiger partial charge in [0, 0.05) is 28.3 Å². The standard InChI is InChI=1S/C23H18ClF2N3O3/c1-12-7-16-18(9-17(12)26)29(11-13-8-14(25)10-28-21(13)24)20(23(30)32-3)19(16)15-5-4-6-27-22(15)31-2/h4-10H,11H2,1-3H3. The van der Waals surface area contributed by atoms with Gasteiger partial charge in [-0.05, 0) is 42.8 Å². The van der Waals surface area contributed by atoms with Crippen LogP contribution in [-0.2, 0) is 11.3 Å². The molecule has 4 aromatic rings. The van der Waals surface area contributed by atoms with Gasteiger partial charge in [0.2, 0.25) is 5.88 Å². The molecule has 164 valence electrons. The summed E-state index contributed by atoms with van der Waals surface area (Å²) in [4.78, 5) is 21.0. The third-order valence-electron chi connectivity index (χ3n) is 5.16. The third-order valence-corrected chi connectivity index (χ3v) is 5.50. The molecule has 3 heterocycles. The molecule has 1 aromatic carbocycles. The number of carbonyl (C=O) groups is 1. The molecule has 4 rings (SSSR count). The molecule has 0 aliphatic carbocycles. The maximum atomic E-state index is 14.6. The Morgan fingerprint density at radius 2 is 1.97 bits per heavy atom. The summed E-state index contributed by atoms with van der Waals surface area (Å²) in [7, 11) is 2.71. The number of nitrogens with zero attached hydrogens (tertiary/aromatic N) is 3.